The molecule has 1 N–H and O–H groups in total. The monoisotopic (exact) mass is 362 g/mol. The van der Waals surface area contributed by atoms with Gasteiger partial charge in [0.2, 0.25) is 11.8 Å². The maximum absolute atomic E-state index is 12.9. The van der Waals surface area contributed by atoms with E-state index < -0.39 is 0 Å². The number of nitrogens with zero attached hydrogens (tertiary/aromatic N) is 3. The van der Waals surface area contributed by atoms with Crippen LogP contribution < -0.4 is 5.32 Å². The van der Waals surface area contributed by atoms with Crippen LogP contribution in [-0.4, -0.2) is 33.9 Å². The van der Waals surface area contributed by atoms with Gasteiger partial charge in [-0.15, -0.1) is 0 Å². The van der Waals surface area contributed by atoms with Crippen molar-refractivity contribution in [3.8, 4) is 11.5 Å². The number of benzene rings is 1. The molecule has 1 aliphatic heterocycles. The van der Waals surface area contributed by atoms with Crippen molar-refractivity contribution in [1.82, 2.24) is 20.2 Å². The van der Waals surface area contributed by atoms with Crippen LogP contribution >= 0.6 is 0 Å². The molecule has 1 saturated heterocycles. The maximum Gasteiger partial charge on any atom is 0.242 e. The third-order valence-corrected chi connectivity index (χ3v) is 4.77. The third kappa shape index (κ3) is 4.06. The molecule has 1 atom stereocenters. The van der Waals surface area contributed by atoms with Gasteiger partial charge < -0.3 is 9.73 Å². The van der Waals surface area contributed by atoms with E-state index in [2.05, 4.69) is 20.2 Å². The van der Waals surface area contributed by atoms with Gasteiger partial charge in [-0.1, -0.05) is 24.3 Å². The summed E-state index contributed by atoms with van der Waals surface area (Å²) in [6, 6.07) is 13.2. The molecule has 0 bridgehead atoms. The Kier molecular flexibility index (Phi) is 5.25. The summed E-state index contributed by atoms with van der Waals surface area (Å²) in [5, 5.41) is 3.01. The number of aromatic nitrogens is 2. The Hall–Kier alpha value is -2.99. The SMILES string of the molecule is O=C(NCc1coc(-c2ccccc2)n1)[C@@H](c1cccnc1)N1CCCC1. The minimum Gasteiger partial charge on any atom is -0.444 e. The summed E-state index contributed by atoms with van der Waals surface area (Å²) in [6.07, 6.45) is 7.33. The molecule has 0 unspecified atom stereocenters. The molecule has 3 aromatic rings. The van der Waals surface area contributed by atoms with Crippen molar-refractivity contribution in [2.75, 3.05) is 13.1 Å². The van der Waals surface area contributed by atoms with Crippen LogP contribution in [0.5, 0.6) is 0 Å². The first-order valence-electron chi connectivity index (χ1n) is 9.23. The highest BCUT2D eigenvalue weighted by Crippen LogP contribution is 2.25. The highest BCUT2D eigenvalue weighted by molar-refractivity contribution is 5.83. The summed E-state index contributed by atoms with van der Waals surface area (Å²) in [5.74, 6) is 0.525. The van der Waals surface area contributed by atoms with Gasteiger partial charge in [-0.2, -0.15) is 0 Å². The van der Waals surface area contributed by atoms with Crippen LogP contribution in [-0.2, 0) is 11.3 Å². The van der Waals surface area contributed by atoms with E-state index in [1.54, 1.807) is 18.7 Å². The molecule has 0 saturated carbocycles. The van der Waals surface area contributed by atoms with Gasteiger partial charge in [0, 0.05) is 18.0 Å². The summed E-state index contributed by atoms with van der Waals surface area (Å²) in [4.78, 5) is 23.8. The summed E-state index contributed by atoms with van der Waals surface area (Å²) in [6.45, 7) is 2.18. The van der Waals surface area contributed by atoms with Crippen molar-refractivity contribution >= 4 is 5.91 Å². The van der Waals surface area contributed by atoms with E-state index in [1.165, 1.54) is 0 Å². The Balaban J connectivity index is 1.45. The third-order valence-electron chi connectivity index (χ3n) is 4.77. The number of hydrogen-bond donors (Lipinski definition) is 1. The van der Waals surface area contributed by atoms with E-state index >= 15 is 0 Å². The number of likely N-dealkylation sites (tertiary alicyclic amines) is 1. The minimum atomic E-state index is -0.318. The predicted octanol–water partition coefficient (Wildman–Crippen LogP) is 3.19. The fourth-order valence-corrected chi connectivity index (χ4v) is 3.44. The Morgan fingerprint density at radius 1 is 1.15 bits per heavy atom. The zero-order chi connectivity index (χ0) is 18.5. The average Bonchev–Trinajstić information content (AvgIpc) is 3.41. The Morgan fingerprint density at radius 3 is 2.70 bits per heavy atom. The lowest BCUT2D eigenvalue weighted by molar-refractivity contribution is -0.126. The van der Waals surface area contributed by atoms with Crippen molar-refractivity contribution in [2.24, 2.45) is 0 Å². The Bertz CT molecular complexity index is 873. The molecule has 1 aromatic carbocycles. The number of hydrogen-bond acceptors (Lipinski definition) is 5. The van der Waals surface area contributed by atoms with Crippen LogP contribution in [0, 0.1) is 0 Å². The van der Waals surface area contributed by atoms with E-state index in [1.807, 2.05) is 42.5 Å². The molecule has 0 spiro atoms. The Morgan fingerprint density at radius 2 is 1.96 bits per heavy atom. The van der Waals surface area contributed by atoms with Crippen LogP contribution in [0.3, 0.4) is 0 Å². The summed E-state index contributed by atoms with van der Waals surface area (Å²) in [5.41, 5.74) is 2.54. The van der Waals surface area contributed by atoms with E-state index in [4.69, 9.17) is 4.42 Å². The van der Waals surface area contributed by atoms with E-state index in [-0.39, 0.29) is 11.9 Å². The van der Waals surface area contributed by atoms with Crippen molar-refractivity contribution in [3.05, 3.63) is 72.4 Å². The fraction of sp³-hybridized carbons (Fsp3) is 0.286. The van der Waals surface area contributed by atoms with Gasteiger partial charge in [-0.25, -0.2) is 4.98 Å². The van der Waals surface area contributed by atoms with Gasteiger partial charge in [0.1, 0.15) is 12.3 Å². The molecule has 27 heavy (non-hydrogen) atoms. The quantitative estimate of drug-likeness (QED) is 0.729. The average molecular weight is 362 g/mol. The molecule has 0 aliphatic carbocycles. The molecule has 1 amide bonds. The number of rotatable bonds is 6. The van der Waals surface area contributed by atoms with Crippen LogP contribution in [0.2, 0.25) is 0 Å². The van der Waals surface area contributed by atoms with Gasteiger partial charge in [-0.3, -0.25) is 14.7 Å². The lowest BCUT2D eigenvalue weighted by Gasteiger charge is -2.26. The lowest BCUT2D eigenvalue weighted by Crippen LogP contribution is -2.39. The van der Waals surface area contributed by atoms with Gasteiger partial charge in [0.25, 0.3) is 0 Å². The summed E-state index contributed by atoms with van der Waals surface area (Å²) < 4.78 is 5.55. The van der Waals surface area contributed by atoms with Crippen molar-refractivity contribution in [3.63, 3.8) is 0 Å². The summed E-state index contributed by atoms with van der Waals surface area (Å²) in [7, 11) is 0. The highest BCUT2D eigenvalue weighted by Gasteiger charge is 2.29. The number of pyridine rings is 1. The zero-order valence-electron chi connectivity index (χ0n) is 15.0. The second-order valence-corrected chi connectivity index (χ2v) is 6.66. The molecule has 1 fully saturated rings. The second kappa shape index (κ2) is 8.14. The number of amides is 1. The molecule has 1 aliphatic rings. The fourth-order valence-electron chi connectivity index (χ4n) is 3.44. The first-order chi connectivity index (χ1) is 13.3. The van der Waals surface area contributed by atoms with Crippen LogP contribution in [0.25, 0.3) is 11.5 Å². The maximum atomic E-state index is 12.9. The Labute approximate surface area is 158 Å². The first kappa shape index (κ1) is 17.4. The molecule has 0 radical (unpaired) electrons. The largest absolute Gasteiger partial charge is 0.444 e. The minimum absolute atomic E-state index is 0.0332. The second-order valence-electron chi connectivity index (χ2n) is 6.66. The molecular weight excluding hydrogens is 340 g/mol. The lowest BCUT2D eigenvalue weighted by atomic mass is 10.1. The van der Waals surface area contributed by atoms with Gasteiger partial charge in [0.05, 0.1) is 12.2 Å². The van der Waals surface area contributed by atoms with Crippen LogP contribution in [0.1, 0.15) is 30.1 Å². The van der Waals surface area contributed by atoms with Gasteiger partial charge in [-0.05, 0) is 49.7 Å². The first-order valence-corrected chi connectivity index (χ1v) is 9.23. The zero-order valence-corrected chi connectivity index (χ0v) is 15.0. The molecule has 6 nitrogen and oxygen atoms in total. The number of carbonyl (C=O) groups is 1. The molecule has 138 valence electrons. The van der Waals surface area contributed by atoms with Crippen LogP contribution in [0.4, 0.5) is 0 Å². The number of nitrogens with one attached hydrogen (secondary N) is 1. The van der Waals surface area contributed by atoms with Gasteiger partial charge >= 0.3 is 0 Å². The normalized spacial score (nSPS) is 15.6. The predicted molar refractivity (Wildman–Crippen MR) is 102 cm³/mol. The van der Waals surface area contributed by atoms with E-state index in [0.717, 1.165) is 37.1 Å². The van der Waals surface area contributed by atoms with E-state index in [0.29, 0.717) is 18.1 Å². The number of carbonyl (C=O) groups excluding carboxylic acids is 1. The van der Waals surface area contributed by atoms with Gasteiger partial charge in [0.15, 0.2) is 0 Å². The van der Waals surface area contributed by atoms with Crippen molar-refractivity contribution in [1.29, 1.82) is 0 Å². The number of oxazole rings is 1. The molecular formula is C21H22N4O2. The van der Waals surface area contributed by atoms with Crippen molar-refractivity contribution in [2.45, 2.75) is 25.4 Å². The standard InChI is InChI=1S/C21H22N4O2/c26-20(19(25-11-4-5-12-25)17-9-6-10-22-13-17)23-14-18-15-27-21(24-18)16-7-2-1-3-8-16/h1-3,6-10,13,15,19H,4-5,11-12,14H2,(H,23,26)/t19-/m1/s1. The topological polar surface area (TPSA) is 71.3 Å². The van der Waals surface area contributed by atoms with E-state index in [9.17, 15) is 4.79 Å². The smallest absolute Gasteiger partial charge is 0.242 e. The molecule has 2 aromatic heterocycles. The van der Waals surface area contributed by atoms with Crippen LogP contribution in [0.15, 0.2) is 65.5 Å². The van der Waals surface area contributed by atoms with Crippen molar-refractivity contribution < 1.29 is 9.21 Å². The molecule has 6 heteroatoms. The molecule has 3 heterocycles. The highest BCUT2D eigenvalue weighted by atomic mass is 16.3. The molecule has 4 rings (SSSR count). The summed E-state index contributed by atoms with van der Waals surface area (Å²) >= 11 is 0.